The highest BCUT2D eigenvalue weighted by atomic mass is 15.0. The van der Waals surface area contributed by atoms with Crippen molar-refractivity contribution in [1.29, 1.82) is 0 Å². The van der Waals surface area contributed by atoms with Crippen LogP contribution < -0.4 is 0 Å². The number of rotatable bonds is 8. The number of hydrogen-bond donors (Lipinski definition) is 0. The van der Waals surface area contributed by atoms with Crippen LogP contribution in [0.2, 0.25) is 0 Å². The Balaban J connectivity index is 0.000000134. The summed E-state index contributed by atoms with van der Waals surface area (Å²) in [6, 6.07) is 101. The smallest absolute Gasteiger partial charge is 0.0632 e. The number of aromatic nitrogens is 4. The zero-order valence-corrected chi connectivity index (χ0v) is 69.9. The molecule has 19 aromatic rings. The van der Waals surface area contributed by atoms with Crippen molar-refractivity contribution < 1.29 is 11.0 Å². The third-order valence-electron chi connectivity index (χ3n) is 23.0. The van der Waals surface area contributed by atoms with E-state index >= 15 is 0 Å². The molecule has 0 spiro atoms. The van der Waals surface area contributed by atoms with Crippen molar-refractivity contribution in [2.24, 2.45) is 0 Å². The van der Waals surface area contributed by atoms with Crippen molar-refractivity contribution >= 4 is 87.2 Å². The van der Waals surface area contributed by atoms with E-state index in [9.17, 15) is 0 Å². The molecular weight excluding hydrogens is 1400 g/mol. The van der Waals surface area contributed by atoms with E-state index in [-0.39, 0.29) is 75.4 Å². The van der Waals surface area contributed by atoms with Gasteiger partial charge in [0, 0.05) is 60.2 Å². The molecule has 0 aliphatic heterocycles. The van der Waals surface area contributed by atoms with E-state index in [1.807, 2.05) is 66.7 Å². The van der Waals surface area contributed by atoms with Gasteiger partial charge in [-0.3, -0.25) is 0 Å². The van der Waals surface area contributed by atoms with Gasteiger partial charge in [0.1, 0.15) is 0 Å². The second-order valence-corrected chi connectivity index (χ2v) is 36.3. The largest absolute Gasteiger partial charge is 0.309 e. The highest BCUT2D eigenvalue weighted by Gasteiger charge is 2.33. The van der Waals surface area contributed by atoms with Crippen LogP contribution >= 0.6 is 0 Å². The van der Waals surface area contributed by atoms with E-state index in [2.05, 4.69) is 341 Å². The lowest BCUT2D eigenvalue weighted by Crippen LogP contribution is -2.16. The summed E-state index contributed by atoms with van der Waals surface area (Å²) < 4.78 is 78.3. The molecule has 574 valence electrons. The SMILES string of the molecule is CC(C)(C)c1ccc2c(c1)c1cc(C(C)(C)C)ccc1n2-c1ccc2c(c1C(C)(C)C)c1c(-c3ccccc3)cccc1n2-c1ccccc1.[2H]c1c([2H])c(C)c([2H])c(-c2cccc3c2c2c(C(C)(C)C)c(-c4ccccc4)ccc2n3-c2ccccc2)c1[2H].[2H]c1c([2H])c(C)c([2H])c(-c2cccc3c2c2c(C(C)(C)C)cccc2n3-c2ccccc2)c1[2H]. The normalized spacial score (nSPS) is 13.3. The minimum Gasteiger partial charge on any atom is -0.309 e. The summed E-state index contributed by atoms with van der Waals surface area (Å²) in [5.41, 5.74) is 27.5. The number of para-hydroxylation sites is 3. The molecule has 4 heterocycles. The van der Waals surface area contributed by atoms with E-state index in [0.717, 1.165) is 77.2 Å². The first-order chi connectivity index (χ1) is 59.0. The Morgan fingerprint density at radius 1 is 0.241 bits per heavy atom. The number of nitrogens with zero attached hydrogens (tertiary/aromatic N) is 4. The molecule has 0 bridgehead atoms. The van der Waals surface area contributed by atoms with Gasteiger partial charge in [-0.05, 0) is 216 Å². The van der Waals surface area contributed by atoms with Crippen LogP contribution in [0.15, 0.2) is 333 Å². The predicted octanol–water partition coefficient (Wildman–Crippen LogP) is 31.2. The lowest BCUT2D eigenvalue weighted by molar-refractivity contribution is 0.590. The van der Waals surface area contributed by atoms with Gasteiger partial charge in [0.25, 0.3) is 0 Å². The average molecular weight is 1520 g/mol. The van der Waals surface area contributed by atoms with Crippen LogP contribution in [0.4, 0.5) is 0 Å². The van der Waals surface area contributed by atoms with Crippen LogP contribution in [0.3, 0.4) is 0 Å². The van der Waals surface area contributed by atoms with E-state index < -0.39 is 0 Å². The molecule has 19 rings (SSSR count). The Bertz CT molecular complexity index is 7310. The Morgan fingerprint density at radius 3 is 0.974 bits per heavy atom. The predicted molar refractivity (Wildman–Crippen MR) is 501 cm³/mol. The average Bonchev–Trinajstić information content (AvgIpc) is 1.55. The highest BCUT2D eigenvalue weighted by molar-refractivity contribution is 6.21. The third kappa shape index (κ3) is 13.7. The second kappa shape index (κ2) is 29.4. The summed E-state index contributed by atoms with van der Waals surface area (Å²) in [6.07, 6.45) is 0. The van der Waals surface area contributed by atoms with Gasteiger partial charge in [0.15, 0.2) is 0 Å². The van der Waals surface area contributed by atoms with Crippen molar-refractivity contribution in [2.75, 3.05) is 0 Å². The fourth-order valence-electron chi connectivity index (χ4n) is 17.8. The molecule has 0 saturated heterocycles. The van der Waals surface area contributed by atoms with Gasteiger partial charge < -0.3 is 18.3 Å². The fraction of sp³-hybridized carbons (Fsp3) is 0.196. The molecule has 0 atom stereocenters. The van der Waals surface area contributed by atoms with Gasteiger partial charge in [0.2, 0.25) is 0 Å². The third-order valence-corrected chi connectivity index (χ3v) is 23.0. The molecule has 116 heavy (non-hydrogen) atoms. The molecule has 4 heteroatoms. The Kier molecular flexibility index (Phi) is 17.0. The van der Waals surface area contributed by atoms with E-state index in [0.29, 0.717) is 22.3 Å². The molecule has 4 nitrogen and oxygen atoms in total. The van der Waals surface area contributed by atoms with Gasteiger partial charge >= 0.3 is 0 Å². The van der Waals surface area contributed by atoms with E-state index in [1.165, 1.54) is 93.9 Å². The quantitative estimate of drug-likeness (QED) is 0.144. The monoisotopic (exact) mass is 1510 g/mol. The van der Waals surface area contributed by atoms with Gasteiger partial charge in [-0.25, -0.2) is 0 Å². The molecular formula is C112H106N4. The van der Waals surface area contributed by atoms with Crippen LogP contribution in [-0.4, -0.2) is 18.3 Å². The van der Waals surface area contributed by atoms with Crippen LogP contribution in [0.25, 0.3) is 154 Å². The zero-order valence-electron chi connectivity index (χ0n) is 77.9. The summed E-state index contributed by atoms with van der Waals surface area (Å²) in [4.78, 5) is 0. The van der Waals surface area contributed by atoms with Gasteiger partial charge in [0.05, 0.1) is 60.8 Å². The molecule has 0 amide bonds. The maximum absolute atomic E-state index is 8.99. The highest BCUT2D eigenvalue weighted by Crippen LogP contribution is 2.51. The summed E-state index contributed by atoms with van der Waals surface area (Å²) >= 11 is 0. The van der Waals surface area contributed by atoms with Gasteiger partial charge in [-0.15, -0.1) is 0 Å². The molecule has 0 aliphatic rings. The summed E-state index contributed by atoms with van der Waals surface area (Å²) in [7, 11) is 0. The molecule has 0 aliphatic carbocycles. The Hall–Kier alpha value is -12.5. The molecule has 0 unspecified atom stereocenters. The lowest BCUT2D eigenvalue weighted by Gasteiger charge is -2.26. The second-order valence-electron chi connectivity index (χ2n) is 36.3. The molecule has 0 N–H and O–H groups in total. The van der Waals surface area contributed by atoms with Gasteiger partial charge in [-0.2, -0.15) is 0 Å². The number of hydrogen-bond acceptors (Lipinski definition) is 0. The zero-order chi connectivity index (χ0) is 87.9. The first-order valence-corrected chi connectivity index (χ1v) is 40.8. The molecule has 0 saturated carbocycles. The van der Waals surface area contributed by atoms with Crippen molar-refractivity contribution in [3.05, 3.63) is 372 Å². The van der Waals surface area contributed by atoms with Crippen molar-refractivity contribution in [3.8, 4) is 67.3 Å². The first-order valence-electron chi connectivity index (χ1n) is 44.8. The Labute approximate surface area is 696 Å². The maximum Gasteiger partial charge on any atom is 0.0632 e. The van der Waals surface area contributed by atoms with Crippen LogP contribution in [0.1, 0.15) is 154 Å². The van der Waals surface area contributed by atoms with Crippen molar-refractivity contribution in [2.45, 2.75) is 145 Å². The first kappa shape index (κ1) is 66.9. The molecule has 0 fully saturated rings. The summed E-state index contributed by atoms with van der Waals surface area (Å²) in [6.45, 7) is 37.7. The van der Waals surface area contributed by atoms with Crippen LogP contribution in [-0.2, 0) is 27.1 Å². The number of fused-ring (bicyclic) bond motifs is 12. The van der Waals surface area contributed by atoms with Crippen LogP contribution in [0, 0.1) is 13.8 Å². The Morgan fingerprint density at radius 2 is 0.578 bits per heavy atom. The minimum atomic E-state index is -0.233. The summed E-state index contributed by atoms with van der Waals surface area (Å²) in [5.74, 6) is 0. The van der Waals surface area contributed by atoms with E-state index in [1.54, 1.807) is 13.8 Å². The van der Waals surface area contributed by atoms with E-state index in [4.69, 9.17) is 11.0 Å². The van der Waals surface area contributed by atoms with Crippen LogP contribution in [0.5, 0.6) is 0 Å². The topological polar surface area (TPSA) is 19.7 Å². The lowest BCUT2D eigenvalue weighted by atomic mass is 9.78. The maximum atomic E-state index is 8.99. The minimum absolute atomic E-state index is 0.0481. The number of benzene rings is 15. The molecule has 15 aromatic carbocycles. The van der Waals surface area contributed by atoms with Gasteiger partial charge in [-0.1, -0.05) is 345 Å². The fourth-order valence-corrected chi connectivity index (χ4v) is 17.8. The molecule has 0 radical (unpaired) electrons. The molecule has 4 aromatic heterocycles. The summed E-state index contributed by atoms with van der Waals surface area (Å²) in [5, 5.41) is 9.37. The van der Waals surface area contributed by atoms with Crippen molar-refractivity contribution in [3.63, 3.8) is 0 Å². The van der Waals surface area contributed by atoms with Crippen molar-refractivity contribution in [1.82, 2.24) is 18.3 Å². The standard InChI is InChI=1S/C48H48N2.C35H31N.C29H27N/c1-46(2,3)32-23-25-38-36(29-32)37-30-33(47(4,5)6)24-26-39(37)50(38)42-28-27-41-44(45(42)48(7,8)9)43-35(31-17-12-10-13-18-31)21-16-22-40(43)49(41)34-19-14-11-15-20-34;1-24-13-11-16-26(23-24)28-19-12-20-30-32(28)33-31(36(30)27-17-9-6-10-18-27)22-21-29(34(33)35(2,3)4)25-14-7-5-8-15-25;1-20-11-8-12-21(19-20)23-15-9-17-25-27(23)28-24(29(2,3)4)16-10-18-26(28)30(25)22-13-6-5-7-14-22/h10-30H,1-9H3;5-23H,1-4H3;5-19H,1-4H3/i;11D,13D,16D,23D;8D,11D,12D,19D.